The molecule has 2 fully saturated rings. The Morgan fingerprint density at radius 3 is 2.37 bits per heavy atom. The molecule has 19 heavy (non-hydrogen) atoms. The molecular weight excluding hydrogens is 234 g/mol. The molecule has 0 aliphatic heterocycles. The smallest absolute Gasteiger partial charge is 0.0833 e. The molecule has 2 aliphatic rings. The van der Waals surface area contributed by atoms with Gasteiger partial charge in [-0.05, 0) is 37.6 Å². The van der Waals surface area contributed by atoms with Crippen LogP contribution in [0.4, 0.5) is 0 Å². The zero-order chi connectivity index (χ0) is 13.7. The van der Waals surface area contributed by atoms with Crippen LogP contribution in [0.1, 0.15) is 71.6 Å². The highest BCUT2D eigenvalue weighted by Crippen LogP contribution is 2.44. The van der Waals surface area contributed by atoms with E-state index < -0.39 is 0 Å². The first-order valence-electron chi connectivity index (χ1n) is 8.56. The van der Waals surface area contributed by atoms with E-state index in [0.29, 0.717) is 6.04 Å². The van der Waals surface area contributed by atoms with E-state index in [1.54, 1.807) is 0 Å². The van der Waals surface area contributed by atoms with Crippen molar-refractivity contribution in [3.05, 3.63) is 0 Å². The van der Waals surface area contributed by atoms with Gasteiger partial charge in [0.25, 0.3) is 0 Å². The first kappa shape index (κ1) is 15.3. The average Bonchev–Trinajstić information content (AvgIpc) is 2.94. The topological polar surface area (TPSA) is 21.3 Å². The summed E-state index contributed by atoms with van der Waals surface area (Å²) in [7, 11) is 1.94. The maximum Gasteiger partial charge on any atom is 0.0833 e. The highest BCUT2D eigenvalue weighted by molar-refractivity contribution is 5.01. The standard InChI is InChI=1S/C17H33NO/c1-4-14-10-6-7-11-15(14)16(18-5-2)17(19-3)12-8-9-13-17/h14-16,18H,4-13H2,1-3H3. The molecule has 0 saturated heterocycles. The lowest BCUT2D eigenvalue weighted by Gasteiger charge is -2.46. The fraction of sp³-hybridized carbons (Fsp3) is 1.00. The van der Waals surface area contributed by atoms with Gasteiger partial charge in [-0.15, -0.1) is 0 Å². The third-order valence-corrected chi connectivity index (χ3v) is 5.77. The summed E-state index contributed by atoms with van der Waals surface area (Å²) in [6, 6.07) is 0.579. The van der Waals surface area contributed by atoms with Crippen LogP contribution in [-0.2, 0) is 4.74 Å². The molecule has 0 heterocycles. The molecule has 3 unspecified atom stereocenters. The minimum atomic E-state index is 0.130. The zero-order valence-electron chi connectivity index (χ0n) is 13.2. The zero-order valence-corrected chi connectivity index (χ0v) is 13.2. The third kappa shape index (κ3) is 3.16. The third-order valence-electron chi connectivity index (χ3n) is 5.77. The number of methoxy groups -OCH3 is 1. The van der Waals surface area contributed by atoms with E-state index in [9.17, 15) is 0 Å². The van der Waals surface area contributed by atoms with Crippen LogP contribution in [-0.4, -0.2) is 25.3 Å². The van der Waals surface area contributed by atoms with Crippen LogP contribution in [0.25, 0.3) is 0 Å². The van der Waals surface area contributed by atoms with E-state index in [2.05, 4.69) is 19.2 Å². The van der Waals surface area contributed by atoms with Crippen LogP contribution in [0.2, 0.25) is 0 Å². The second kappa shape index (κ2) is 7.08. The molecule has 0 bridgehead atoms. The number of likely N-dealkylation sites (N-methyl/N-ethyl adjacent to an activating group) is 1. The summed E-state index contributed by atoms with van der Waals surface area (Å²) in [5.74, 6) is 1.74. The predicted molar refractivity (Wildman–Crippen MR) is 81.4 cm³/mol. The van der Waals surface area contributed by atoms with Crippen molar-refractivity contribution in [3.63, 3.8) is 0 Å². The van der Waals surface area contributed by atoms with Gasteiger partial charge in [-0.1, -0.05) is 52.4 Å². The molecule has 3 atom stereocenters. The molecule has 0 spiro atoms. The lowest BCUT2D eigenvalue weighted by molar-refractivity contribution is -0.0649. The maximum absolute atomic E-state index is 6.10. The van der Waals surface area contributed by atoms with E-state index in [1.165, 1.54) is 57.8 Å². The molecule has 2 heteroatoms. The fourth-order valence-electron chi connectivity index (χ4n) is 4.75. The summed E-state index contributed by atoms with van der Waals surface area (Å²) in [6.45, 7) is 5.69. The van der Waals surface area contributed by atoms with Crippen molar-refractivity contribution in [3.8, 4) is 0 Å². The molecule has 0 aromatic heterocycles. The van der Waals surface area contributed by atoms with Gasteiger partial charge in [0, 0.05) is 13.2 Å². The van der Waals surface area contributed by atoms with Crippen molar-refractivity contribution in [2.75, 3.05) is 13.7 Å². The van der Waals surface area contributed by atoms with Crippen molar-refractivity contribution in [2.45, 2.75) is 83.3 Å². The second-order valence-corrected chi connectivity index (χ2v) is 6.63. The van der Waals surface area contributed by atoms with Crippen molar-refractivity contribution < 1.29 is 4.74 Å². The van der Waals surface area contributed by atoms with Gasteiger partial charge in [0.15, 0.2) is 0 Å². The average molecular weight is 267 g/mol. The number of hydrogen-bond acceptors (Lipinski definition) is 2. The van der Waals surface area contributed by atoms with Crippen LogP contribution in [0.5, 0.6) is 0 Å². The second-order valence-electron chi connectivity index (χ2n) is 6.63. The minimum absolute atomic E-state index is 0.130. The SMILES string of the molecule is CCNC(C1CCCCC1CC)C1(OC)CCCC1. The van der Waals surface area contributed by atoms with Gasteiger partial charge in [0.2, 0.25) is 0 Å². The summed E-state index contributed by atoms with van der Waals surface area (Å²) in [5, 5.41) is 3.83. The summed E-state index contributed by atoms with van der Waals surface area (Å²) >= 11 is 0. The monoisotopic (exact) mass is 267 g/mol. The molecule has 0 amide bonds. The quantitative estimate of drug-likeness (QED) is 0.781. The summed E-state index contributed by atoms with van der Waals surface area (Å²) in [4.78, 5) is 0. The highest BCUT2D eigenvalue weighted by atomic mass is 16.5. The fourth-order valence-corrected chi connectivity index (χ4v) is 4.75. The first-order valence-corrected chi connectivity index (χ1v) is 8.56. The van der Waals surface area contributed by atoms with Crippen molar-refractivity contribution in [1.82, 2.24) is 5.32 Å². The highest BCUT2D eigenvalue weighted by Gasteiger charge is 2.46. The van der Waals surface area contributed by atoms with Crippen molar-refractivity contribution >= 4 is 0 Å². The van der Waals surface area contributed by atoms with Crippen molar-refractivity contribution in [2.24, 2.45) is 11.8 Å². The number of rotatable bonds is 6. The molecule has 112 valence electrons. The van der Waals surface area contributed by atoms with Crippen molar-refractivity contribution in [1.29, 1.82) is 0 Å². The van der Waals surface area contributed by atoms with E-state index in [1.807, 2.05) is 7.11 Å². The molecule has 0 aromatic carbocycles. The van der Waals surface area contributed by atoms with Crippen LogP contribution >= 0.6 is 0 Å². The van der Waals surface area contributed by atoms with E-state index in [4.69, 9.17) is 4.74 Å². The lowest BCUT2D eigenvalue weighted by Crippen LogP contribution is -2.56. The Hall–Kier alpha value is -0.0800. The van der Waals surface area contributed by atoms with E-state index in [-0.39, 0.29) is 5.60 Å². The Morgan fingerprint density at radius 1 is 1.11 bits per heavy atom. The summed E-state index contributed by atoms with van der Waals surface area (Å²) < 4.78 is 6.10. The maximum atomic E-state index is 6.10. The van der Waals surface area contributed by atoms with Gasteiger partial charge in [-0.2, -0.15) is 0 Å². The minimum Gasteiger partial charge on any atom is -0.377 e. The molecular formula is C17H33NO. The molecule has 1 N–H and O–H groups in total. The van der Waals surface area contributed by atoms with Gasteiger partial charge < -0.3 is 10.1 Å². The Balaban J connectivity index is 2.17. The van der Waals surface area contributed by atoms with E-state index in [0.717, 1.165) is 18.4 Å². The van der Waals surface area contributed by atoms with Crippen LogP contribution in [0.3, 0.4) is 0 Å². The van der Waals surface area contributed by atoms with Gasteiger partial charge in [-0.3, -0.25) is 0 Å². The Labute approximate surface area is 119 Å². The van der Waals surface area contributed by atoms with Gasteiger partial charge in [-0.25, -0.2) is 0 Å². The molecule has 2 saturated carbocycles. The first-order chi connectivity index (χ1) is 9.27. The Kier molecular flexibility index (Phi) is 5.70. The van der Waals surface area contributed by atoms with Gasteiger partial charge in [0.1, 0.15) is 0 Å². The Morgan fingerprint density at radius 2 is 1.79 bits per heavy atom. The number of hydrogen-bond donors (Lipinski definition) is 1. The Bertz CT molecular complexity index is 260. The van der Waals surface area contributed by atoms with Gasteiger partial charge >= 0.3 is 0 Å². The summed E-state index contributed by atoms with van der Waals surface area (Å²) in [6.07, 6.45) is 12.2. The van der Waals surface area contributed by atoms with Gasteiger partial charge in [0.05, 0.1) is 5.60 Å². The molecule has 2 rings (SSSR count). The molecule has 0 aromatic rings. The lowest BCUT2D eigenvalue weighted by atomic mass is 9.69. The predicted octanol–water partition coefficient (Wildman–Crippen LogP) is 4.14. The van der Waals surface area contributed by atoms with E-state index >= 15 is 0 Å². The number of nitrogens with one attached hydrogen (secondary N) is 1. The molecule has 2 aliphatic carbocycles. The number of ether oxygens (including phenoxy) is 1. The molecule has 0 radical (unpaired) electrons. The molecule has 2 nitrogen and oxygen atoms in total. The summed E-state index contributed by atoms with van der Waals surface area (Å²) in [5.41, 5.74) is 0.130. The largest absolute Gasteiger partial charge is 0.377 e. The normalized spacial score (nSPS) is 32.4. The van der Waals surface area contributed by atoms with Crippen LogP contribution in [0, 0.1) is 11.8 Å². The van der Waals surface area contributed by atoms with Crippen LogP contribution in [0.15, 0.2) is 0 Å². The van der Waals surface area contributed by atoms with Crippen LogP contribution < -0.4 is 5.32 Å².